The summed E-state index contributed by atoms with van der Waals surface area (Å²) >= 11 is 0. The summed E-state index contributed by atoms with van der Waals surface area (Å²) in [5.41, 5.74) is 1.14. The minimum Gasteiger partial charge on any atom is -0.546 e. The van der Waals surface area contributed by atoms with Crippen LogP contribution in [0.4, 0.5) is 0 Å². The zero-order valence-corrected chi connectivity index (χ0v) is 17.6. The molecule has 0 aliphatic heterocycles. The average molecular weight is 365 g/mol. The van der Waals surface area contributed by atoms with Crippen LogP contribution in [0.25, 0.3) is 0 Å². The molecule has 0 spiro atoms. The maximum atomic E-state index is 11.3. The van der Waals surface area contributed by atoms with Crippen molar-refractivity contribution in [2.45, 2.75) is 117 Å². The average Bonchev–Trinajstić information content (AvgIpc) is 2.92. The van der Waals surface area contributed by atoms with Crippen LogP contribution in [-0.4, -0.2) is 10.5 Å². The quantitative estimate of drug-likeness (QED) is 0.345. The van der Waals surface area contributed by atoms with Crippen LogP contribution in [0.5, 0.6) is 0 Å². The minimum atomic E-state index is -1.01. The number of unbranched alkanes of at least 4 members (excludes halogenated alkanes) is 9. The van der Waals surface area contributed by atoms with Crippen LogP contribution in [0.1, 0.15) is 109 Å². The monoisotopic (exact) mass is 364 g/mol. The van der Waals surface area contributed by atoms with E-state index in [-0.39, 0.29) is 0 Å². The molecule has 150 valence electrons. The first-order valence-electron chi connectivity index (χ1n) is 10.8. The van der Waals surface area contributed by atoms with Crippen molar-refractivity contribution in [3.8, 4) is 0 Å². The molecule has 4 nitrogen and oxygen atoms in total. The van der Waals surface area contributed by atoms with E-state index in [1.54, 1.807) is 6.92 Å². The van der Waals surface area contributed by atoms with Crippen molar-refractivity contribution in [1.82, 2.24) is 4.57 Å². The molecular formula is C22H40N2O2. The van der Waals surface area contributed by atoms with Gasteiger partial charge in [0, 0.05) is 13.3 Å². The zero-order chi connectivity index (χ0) is 19.4. The first-order chi connectivity index (χ1) is 12.5. The molecule has 1 atom stereocenters. The fraction of sp³-hybridized carbons (Fsp3) is 0.818. The number of carboxylic acid groups (broad SMARTS) is 1. The summed E-state index contributed by atoms with van der Waals surface area (Å²) in [7, 11) is 0. The van der Waals surface area contributed by atoms with Gasteiger partial charge < -0.3 is 9.90 Å². The third-order valence-corrected chi connectivity index (χ3v) is 5.32. The topological polar surface area (TPSA) is 48.9 Å². The molecule has 0 radical (unpaired) electrons. The molecule has 0 N–H and O–H groups in total. The summed E-state index contributed by atoms with van der Waals surface area (Å²) in [6, 6.07) is -0.607. The fourth-order valence-electron chi connectivity index (χ4n) is 3.70. The Morgan fingerprint density at radius 2 is 1.54 bits per heavy atom. The molecule has 1 aromatic rings. The number of rotatable bonds is 15. The van der Waals surface area contributed by atoms with E-state index in [1.165, 1.54) is 57.8 Å². The van der Waals surface area contributed by atoms with Crippen molar-refractivity contribution in [1.29, 1.82) is 0 Å². The lowest BCUT2D eigenvalue weighted by Crippen LogP contribution is -2.49. The summed E-state index contributed by atoms with van der Waals surface area (Å²) in [4.78, 5) is 11.3. The molecule has 0 saturated carbocycles. The number of carboxylic acids is 1. The number of imidazole rings is 1. The van der Waals surface area contributed by atoms with Crippen LogP contribution in [-0.2, 0) is 17.8 Å². The number of hydrogen-bond donors (Lipinski definition) is 0. The number of nitrogens with zero attached hydrogens (tertiary/aromatic N) is 2. The number of aryl methyl sites for hydroxylation is 1. The number of carbonyl (C=O) groups is 1. The number of hydrogen-bond acceptors (Lipinski definition) is 2. The summed E-state index contributed by atoms with van der Waals surface area (Å²) in [5, 5.41) is 11.3. The molecule has 0 amide bonds. The molecule has 0 bridgehead atoms. The highest BCUT2D eigenvalue weighted by molar-refractivity contribution is 5.66. The number of aliphatic carboxylic acids is 1. The Morgan fingerprint density at radius 1 is 1.00 bits per heavy atom. The van der Waals surface area contributed by atoms with Crippen LogP contribution >= 0.6 is 0 Å². The van der Waals surface area contributed by atoms with Crippen molar-refractivity contribution < 1.29 is 14.5 Å². The lowest BCUT2D eigenvalue weighted by atomic mass is 10.1. The van der Waals surface area contributed by atoms with Gasteiger partial charge in [0.1, 0.15) is 17.9 Å². The second kappa shape index (κ2) is 12.9. The molecular weight excluding hydrogens is 324 g/mol. The van der Waals surface area contributed by atoms with E-state index in [2.05, 4.69) is 25.3 Å². The van der Waals surface area contributed by atoms with Gasteiger partial charge in [0.25, 0.3) is 5.82 Å². The molecule has 0 saturated heterocycles. The van der Waals surface area contributed by atoms with Gasteiger partial charge in [-0.15, -0.1) is 0 Å². The van der Waals surface area contributed by atoms with E-state index in [4.69, 9.17) is 0 Å². The Balaban J connectivity index is 2.44. The summed E-state index contributed by atoms with van der Waals surface area (Å²) < 4.78 is 4.20. The van der Waals surface area contributed by atoms with Gasteiger partial charge in [-0.05, 0) is 19.8 Å². The molecule has 4 heteroatoms. The highest BCUT2D eigenvalue weighted by Crippen LogP contribution is 2.14. The van der Waals surface area contributed by atoms with E-state index in [0.717, 1.165) is 37.3 Å². The first-order valence-corrected chi connectivity index (χ1v) is 10.8. The third kappa shape index (κ3) is 7.51. The Bertz CT molecular complexity index is 522. The Morgan fingerprint density at radius 3 is 2.04 bits per heavy atom. The molecule has 0 aromatic carbocycles. The minimum absolute atomic E-state index is 0.607. The fourth-order valence-corrected chi connectivity index (χ4v) is 3.70. The van der Waals surface area contributed by atoms with Crippen LogP contribution < -0.4 is 9.67 Å². The van der Waals surface area contributed by atoms with E-state index < -0.39 is 12.0 Å². The lowest BCUT2D eigenvalue weighted by molar-refractivity contribution is -0.719. The maximum Gasteiger partial charge on any atom is 0.257 e. The predicted octanol–water partition coefficient (Wildman–Crippen LogP) is 4.27. The van der Waals surface area contributed by atoms with E-state index >= 15 is 0 Å². The third-order valence-electron chi connectivity index (χ3n) is 5.32. The molecule has 1 rings (SSSR count). The molecule has 1 heterocycles. The van der Waals surface area contributed by atoms with Gasteiger partial charge in [0.05, 0.1) is 12.5 Å². The van der Waals surface area contributed by atoms with E-state index in [0.29, 0.717) is 0 Å². The molecule has 0 aliphatic carbocycles. The van der Waals surface area contributed by atoms with Gasteiger partial charge in [-0.2, -0.15) is 0 Å². The number of aromatic nitrogens is 2. The summed E-state index contributed by atoms with van der Waals surface area (Å²) in [6.45, 7) is 9.15. The zero-order valence-electron chi connectivity index (χ0n) is 17.6. The second-order valence-corrected chi connectivity index (χ2v) is 7.67. The highest BCUT2D eigenvalue weighted by atomic mass is 16.4. The van der Waals surface area contributed by atoms with Crippen molar-refractivity contribution in [2.24, 2.45) is 0 Å². The van der Waals surface area contributed by atoms with Gasteiger partial charge in [-0.1, -0.05) is 71.6 Å². The van der Waals surface area contributed by atoms with E-state index in [9.17, 15) is 9.90 Å². The number of carbonyl (C=O) groups excluding carboxylic acids is 1. The van der Waals surface area contributed by atoms with Gasteiger partial charge in [0.15, 0.2) is 0 Å². The van der Waals surface area contributed by atoms with Gasteiger partial charge in [0.2, 0.25) is 0 Å². The van der Waals surface area contributed by atoms with Gasteiger partial charge in [-0.25, -0.2) is 9.13 Å². The largest absolute Gasteiger partial charge is 0.546 e. The van der Waals surface area contributed by atoms with Crippen molar-refractivity contribution in [2.75, 3.05) is 0 Å². The Hall–Kier alpha value is -1.32. The SMILES string of the molecule is CCCCCCCCCCCCc1n(CCC)c(C)c[n+]1C(C)C(=O)[O-]. The molecule has 0 aliphatic rings. The first kappa shape index (κ1) is 22.7. The van der Waals surface area contributed by atoms with Crippen LogP contribution in [0.15, 0.2) is 6.20 Å². The van der Waals surface area contributed by atoms with Crippen molar-refractivity contribution >= 4 is 5.97 Å². The lowest BCUT2D eigenvalue weighted by Gasteiger charge is -2.12. The van der Waals surface area contributed by atoms with Crippen molar-refractivity contribution in [3.63, 3.8) is 0 Å². The molecule has 1 aromatic heterocycles. The summed E-state index contributed by atoms with van der Waals surface area (Å²) in [5.74, 6) is 0.133. The predicted molar refractivity (Wildman–Crippen MR) is 105 cm³/mol. The van der Waals surface area contributed by atoms with Gasteiger partial charge >= 0.3 is 0 Å². The molecule has 26 heavy (non-hydrogen) atoms. The summed E-state index contributed by atoms with van der Waals surface area (Å²) in [6.07, 6.45) is 17.2. The maximum absolute atomic E-state index is 11.3. The van der Waals surface area contributed by atoms with E-state index in [1.807, 2.05) is 10.8 Å². The standard InChI is InChI=1S/C22H40N2O2/c1-5-7-8-9-10-11-12-13-14-15-16-21-23(17-6-2)19(3)18-24(21)20(4)22(25)26/h18,20H,5-17H2,1-4H3. The smallest absolute Gasteiger partial charge is 0.257 e. The van der Waals surface area contributed by atoms with Crippen LogP contribution in [0, 0.1) is 6.92 Å². The van der Waals surface area contributed by atoms with Crippen LogP contribution in [0.3, 0.4) is 0 Å². The normalized spacial score (nSPS) is 12.5. The molecule has 1 unspecified atom stereocenters. The second-order valence-electron chi connectivity index (χ2n) is 7.67. The highest BCUT2D eigenvalue weighted by Gasteiger charge is 2.24. The van der Waals surface area contributed by atoms with Crippen molar-refractivity contribution in [3.05, 3.63) is 17.7 Å². The Kier molecular flexibility index (Phi) is 11.3. The van der Waals surface area contributed by atoms with Crippen LogP contribution in [0.2, 0.25) is 0 Å². The Labute approximate surface area is 160 Å². The molecule has 0 fully saturated rings. The van der Waals surface area contributed by atoms with Gasteiger partial charge in [-0.3, -0.25) is 0 Å².